The number of nitrogens with zero attached hydrogens (tertiary/aromatic N) is 4. The zero-order valence-electron chi connectivity index (χ0n) is 35.8. The Hall–Kier alpha value is -4.91. The fraction of sp³-hybridized carbons (Fsp3) is 0.213. The smallest absolute Gasteiger partial charge is 0.500 e. The van der Waals surface area contributed by atoms with Crippen LogP contribution in [0.1, 0.15) is 30.4 Å². The Labute approximate surface area is 344 Å². The van der Waals surface area contributed by atoms with Gasteiger partial charge in [0, 0.05) is 18.5 Å². The van der Waals surface area contributed by atoms with Gasteiger partial charge in [-0.3, -0.25) is 0 Å². The van der Waals surface area contributed by atoms with Crippen LogP contribution in [0.5, 0.6) is 0 Å². The molecule has 0 N–H and O–H groups in total. The van der Waals surface area contributed by atoms with E-state index in [0.717, 1.165) is 55.4 Å². The van der Waals surface area contributed by atoms with E-state index in [1.807, 2.05) is 71.3 Å². The molecule has 0 unspecified atom stereocenters. The molecule has 0 aliphatic carbocycles. The van der Waals surface area contributed by atoms with Gasteiger partial charge in [-0.05, 0) is 46.9 Å². The quantitative estimate of drug-likeness (QED) is 0.0982. The van der Waals surface area contributed by atoms with Crippen LogP contribution in [0, 0.1) is 29.8 Å². The van der Waals surface area contributed by atoms with Crippen molar-refractivity contribution >= 4 is 59.5 Å². The fourth-order valence-electron chi connectivity index (χ4n) is 6.65. The summed E-state index contributed by atoms with van der Waals surface area (Å²) >= 11 is 0. The number of fused-ring (bicyclic) bond motifs is 4. The third-order valence-electron chi connectivity index (χ3n) is 9.59. The summed E-state index contributed by atoms with van der Waals surface area (Å²) in [6.45, 7) is 20.5. The molecule has 8 aromatic rings. The Bertz CT molecular complexity index is 2830. The molecule has 3 aromatic heterocycles. The van der Waals surface area contributed by atoms with E-state index >= 15 is 0 Å². The van der Waals surface area contributed by atoms with Crippen LogP contribution in [0.4, 0.5) is 0 Å². The van der Waals surface area contributed by atoms with Crippen molar-refractivity contribution in [3.63, 3.8) is 0 Å². The van der Waals surface area contributed by atoms with Gasteiger partial charge in [0.1, 0.15) is 5.58 Å². The van der Waals surface area contributed by atoms with Crippen molar-refractivity contribution in [1.82, 2.24) is 9.55 Å². The van der Waals surface area contributed by atoms with Crippen LogP contribution in [0.25, 0.3) is 61.0 Å². The van der Waals surface area contributed by atoms with Gasteiger partial charge in [-0.25, -0.2) is 0 Å². The summed E-state index contributed by atoms with van der Waals surface area (Å²) < 4.78 is 34.0. The molecule has 5 aromatic carbocycles. The van der Waals surface area contributed by atoms with E-state index in [1.54, 1.807) is 10.8 Å². The van der Waals surface area contributed by atoms with Gasteiger partial charge >= 0.3 is 20.1 Å². The fourth-order valence-corrected chi connectivity index (χ4v) is 9.15. The largest absolute Gasteiger partial charge is 3.00 e. The van der Waals surface area contributed by atoms with Crippen LogP contribution in [0.2, 0.25) is 39.3 Å². The SMILES string of the molecule is C[Si](C)(C)c1cc(-c2c(C#N)ccc3c2oc2c(-c4ccccn4)[c-]ccc23)cc([Si](C)(C)C)c1.[2H]c1c[c-]c(-n2[c-][n+](C(C)(C)C)c3ccccc32)c([2H])c1[2H].[Ir+3]. The normalized spacial score (nSPS) is 12.7. The van der Waals surface area contributed by atoms with Crippen LogP contribution < -0.4 is 14.9 Å². The van der Waals surface area contributed by atoms with Crippen LogP contribution in [-0.2, 0) is 25.6 Å². The molecule has 0 saturated carbocycles. The Morgan fingerprint density at radius 1 is 0.818 bits per heavy atom. The summed E-state index contributed by atoms with van der Waals surface area (Å²) in [7, 11) is -3.18. The average Bonchev–Trinajstić information content (AvgIpc) is 3.76. The molecule has 276 valence electrons. The van der Waals surface area contributed by atoms with Crippen molar-refractivity contribution in [3.05, 3.63) is 139 Å². The minimum atomic E-state index is -1.59. The zero-order valence-corrected chi connectivity index (χ0v) is 37.2. The molecule has 0 amide bonds. The summed E-state index contributed by atoms with van der Waals surface area (Å²) in [6, 6.07) is 38.7. The maximum Gasteiger partial charge on any atom is 3.00 e. The maximum atomic E-state index is 10.1. The summed E-state index contributed by atoms with van der Waals surface area (Å²) in [5.74, 6) is 0. The Balaban J connectivity index is 0.000000213. The molecular formula is C47H46IrN4OSi2+. The second-order valence-corrected chi connectivity index (χ2v) is 26.8. The van der Waals surface area contributed by atoms with Crippen molar-refractivity contribution in [2.24, 2.45) is 0 Å². The van der Waals surface area contributed by atoms with E-state index in [1.165, 1.54) is 16.4 Å². The number of hydrogen-bond acceptors (Lipinski definition) is 3. The van der Waals surface area contributed by atoms with Crippen LogP contribution in [0.3, 0.4) is 0 Å². The first-order valence-corrected chi connectivity index (χ1v) is 25.2. The van der Waals surface area contributed by atoms with Gasteiger partial charge in [0.25, 0.3) is 0 Å². The van der Waals surface area contributed by atoms with Crippen LogP contribution in [-0.4, -0.2) is 25.7 Å². The molecule has 55 heavy (non-hydrogen) atoms. The third kappa shape index (κ3) is 7.94. The molecule has 5 nitrogen and oxygen atoms in total. The van der Waals surface area contributed by atoms with Gasteiger partial charge in [-0.1, -0.05) is 127 Å². The van der Waals surface area contributed by atoms with Gasteiger partial charge < -0.3 is 18.5 Å². The second-order valence-electron chi connectivity index (χ2n) is 16.7. The number of rotatable bonds is 5. The number of aromatic nitrogens is 3. The van der Waals surface area contributed by atoms with Gasteiger partial charge in [-0.2, -0.15) is 35.5 Å². The predicted octanol–water partition coefficient (Wildman–Crippen LogP) is 10.3. The second kappa shape index (κ2) is 15.3. The van der Waals surface area contributed by atoms with Crippen molar-refractivity contribution in [2.75, 3.05) is 0 Å². The number of hydrogen-bond donors (Lipinski definition) is 0. The van der Waals surface area contributed by atoms with Gasteiger partial charge in [0.15, 0.2) is 0 Å². The van der Waals surface area contributed by atoms with Gasteiger partial charge in [-0.15, -0.1) is 18.2 Å². The number of benzene rings is 5. The molecule has 0 bridgehead atoms. The van der Waals surface area contributed by atoms with Crippen LogP contribution in [0.15, 0.2) is 120 Å². The van der Waals surface area contributed by atoms with Gasteiger partial charge in [0.05, 0.1) is 49.9 Å². The minimum Gasteiger partial charge on any atom is -0.500 e. The number of pyridine rings is 1. The van der Waals surface area contributed by atoms with E-state index in [4.69, 9.17) is 8.53 Å². The van der Waals surface area contributed by atoms with Crippen molar-refractivity contribution in [2.45, 2.75) is 65.6 Å². The average molecular weight is 934 g/mol. The van der Waals surface area contributed by atoms with Crippen molar-refractivity contribution in [1.29, 1.82) is 5.26 Å². The van der Waals surface area contributed by atoms with Crippen molar-refractivity contribution in [3.8, 4) is 34.1 Å². The Kier molecular flexibility index (Phi) is 9.96. The standard InChI is InChI=1S/C30H29N2OSi2.C17H17N2.Ir/c1-34(2,3)22-16-21(17-23(18-22)35(4,5)6)28-20(19-31)13-14-25-24-10-9-11-26(29(24)33-30(25)28)27-12-7-8-15-32-27;1-17(2,3)19-13-18(14-9-5-4-6-10-14)15-11-7-8-12-16(15)19;/h7-10,12-18H,1-6H3;4-9,11-12H,1-3H3;/q2*-1;+3/i;4D,5D,9D;. The first-order chi connectivity index (χ1) is 26.9. The predicted molar refractivity (Wildman–Crippen MR) is 228 cm³/mol. The van der Waals surface area contributed by atoms with Crippen LogP contribution >= 0.6 is 0 Å². The minimum absolute atomic E-state index is 0. The summed E-state index contributed by atoms with van der Waals surface area (Å²) in [4.78, 5) is 4.53. The Morgan fingerprint density at radius 3 is 2.16 bits per heavy atom. The molecule has 0 aliphatic rings. The molecular weight excluding hydrogens is 885 g/mol. The van der Waals surface area contributed by atoms with Gasteiger partial charge in [0.2, 0.25) is 6.33 Å². The first-order valence-electron chi connectivity index (χ1n) is 19.7. The number of furan rings is 1. The topological polar surface area (TPSA) is 58.6 Å². The maximum absolute atomic E-state index is 10.1. The molecule has 0 saturated heterocycles. The summed E-state index contributed by atoms with van der Waals surface area (Å²) in [5, 5.41) is 15.0. The van der Waals surface area contributed by atoms with Crippen molar-refractivity contribution < 1.29 is 33.2 Å². The third-order valence-corrected chi connectivity index (χ3v) is 13.6. The van der Waals surface area contributed by atoms with E-state index in [-0.39, 0.29) is 43.8 Å². The Morgan fingerprint density at radius 2 is 1.51 bits per heavy atom. The molecule has 0 aliphatic heterocycles. The number of para-hydroxylation sites is 3. The first kappa shape index (κ1) is 35.8. The summed E-state index contributed by atoms with van der Waals surface area (Å²) in [5.41, 5.74) is 7.95. The van der Waals surface area contributed by atoms with E-state index < -0.39 is 16.1 Å². The summed E-state index contributed by atoms with van der Waals surface area (Å²) in [6.07, 6.45) is 5.05. The van der Waals surface area contributed by atoms with E-state index in [9.17, 15) is 5.26 Å². The molecule has 8 heteroatoms. The zero-order chi connectivity index (χ0) is 41.0. The molecule has 0 atom stereocenters. The molecule has 0 radical (unpaired) electrons. The number of imidazole rings is 1. The molecule has 0 spiro atoms. The van der Waals surface area contributed by atoms with E-state index in [2.05, 4.69) is 108 Å². The monoisotopic (exact) mass is 934 g/mol. The molecule has 3 heterocycles. The van der Waals surface area contributed by atoms with E-state index in [0.29, 0.717) is 11.3 Å². The molecule has 0 fully saturated rings. The number of nitriles is 1. The molecule has 8 rings (SSSR count).